The van der Waals surface area contributed by atoms with Crippen molar-refractivity contribution in [3.05, 3.63) is 0 Å². The van der Waals surface area contributed by atoms with Gasteiger partial charge in [-0.15, -0.1) is 0 Å². The van der Waals surface area contributed by atoms with Crippen LogP contribution in [-0.4, -0.2) is 22.6 Å². The number of hydrogen-bond donors (Lipinski definition) is 2. The summed E-state index contributed by atoms with van der Waals surface area (Å²) in [4.78, 5) is 10.6. The molecule has 3 N–H and O–H groups in total. The molecule has 76 valence electrons. The molecule has 0 aromatic carbocycles. The van der Waals surface area contributed by atoms with Crippen LogP contribution < -0.4 is 11.2 Å². The molecule has 1 amide bonds. The molecule has 0 atom stereocenters. The molecular formula is C8H17N3OS. The van der Waals surface area contributed by atoms with Crippen LogP contribution in [0.3, 0.4) is 0 Å². The molecule has 0 rings (SSSR count). The minimum atomic E-state index is -0.184. The van der Waals surface area contributed by atoms with Gasteiger partial charge >= 0.3 is 0 Å². The molecule has 0 saturated carbocycles. The van der Waals surface area contributed by atoms with Crippen LogP contribution in [0.15, 0.2) is 0 Å². The van der Waals surface area contributed by atoms with Crippen molar-refractivity contribution in [3.8, 4) is 0 Å². The van der Waals surface area contributed by atoms with E-state index in [2.05, 4.69) is 12.2 Å². The van der Waals surface area contributed by atoms with Crippen molar-refractivity contribution in [1.82, 2.24) is 10.3 Å². The molecule has 13 heavy (non-hydrogen) atoms. The van der Waals surface area contributed by atoms with Crippen molar-refractivity contribution >= 4 is 23.2 Å². The third-order valence-electron chi connectivity index (χ3n) is 1.55. The molecule has 0 aliphatic rings. The number of carbonyl (C=O) groups excluding carboxylic acids is 1. The van der Waals surface area contributed by atoms with E-state index < -0.39 is 0 Å². The average Bonchev–Trinajstić information content (AvgIpc) is 2.03. The summed E-state index contributed by atoms with van der Waals surface area (Å²) < 4.78 is 0. The number of hydrogen-bond acceptors (Lipinski definition) is 3. The van der Waals surface area contributed by atoms with Gasteiger partial charge in [0, 0.05) is 13.5 Å². The van der Waals surface area contributed by atoms with Gasteiger partial charge < -0.3 is 5.32 Å². The van der Waals surface area contributed by atoms with Crippen molar-refractivity contribution in [1.29, 1.82) is 0 Å². The van der Waals surface area contributed by atoms with Gasteiger partial charge in [-0.25, -0.2) is 5.84 Å². The third kappa shape index (κ3) is 6.48. The number of amides is 1. The fourth-order valence-corrected chi connectivity index (χ4v) is 1.09. The lowest BCUT2D eigenvalue weighted by Crippen LogP contribution is -2.46. The lowest BCUT2D eigenvalue weighted by molar-refractivity contribution is -0.117. The van der Waals surface area contributed by atoms with Crippen molar-refractivity contribution in [2.24, 2.45) is 5.84 Å². The first-order valence-corrected chi connectivity index (χ1v) is 4.82. The molecule has 0 aliphatic carbocycles. The normalized spacial score (nSPS) is 9.46. The monoisotopic (exact) mass is 203 g/mol. The van der Waals surface area contributed by atoms with E-state index >= 15 is 0 Å². The molecule has 0 unspecified atom stereocenters. The molecule has 0 aromatic heterocycles. The molecule has 0 heterocycles. The summed E-state index contributed by atoms with van der Waals surface area (Å²) in [6.07, 6.45) is 3.25. The summed E-state index contributed by atoms with van der Waals surface area (Å²) in [6, 6.07) is 0. The highest BCUT2D eigenvalue weighted by atomic mass is 32.1. The highest BCUT2D eigenvalue weighted by Crippen LogP contribution is 1.95. The number of rotatable bonds is 4. The third-order valence-corrected chi connectivity index (χ3v) is 1.88. The molecule has 0 aromatic rings. The van der Waals surface area contributed by atoms with Crippen LogP contribution in [-0.2, 0) is 4.79 Å². The van der Waals surface area contributed by atoms with Gasteiger partial charge in [-0.3, -0.25) is 9.80 Å². The zero-order valence-electron chi connectivity index (χ0n) is 8.17. The molecule has 5 heteroatoms. The van der Waals surface area contributed by atoms with Gasteiger partial charge in [-0.05, 0) is 18.6 Å². The smallest absolute Gasteiger partial charge is 0.223 e. The molecule has 0 spiro atoms. The number of nitrogens with one attached hydrogen (secondary N) is 1. The highest BCUT2D eigenvalue weighted by molar-refractivity contribution is 7.80. The molecule has 0 aliphatic heterocycles. The topological polar surface area (TPSA) is 58.4 Å². The van der Waals surface area contributed by atoms with Gasteiger partial charge in [-0.2, -0.15) is 0 Å². The van der Waals surface area contributed by atoms with E-state index in [-0.39, 0.29) is 5.91 Å². The predicted octanol–water partition coefficient (Wildman–Crippen LogP) is 0.773. The molecule has 0 radical (unpaired) electrons. The maximum Gasteiger partial charge on any atom is 0.223 e. The SMILES string of the molecule is CCCCCN(N)C(=S)NC(C)=O. The maximum atomic E-state index is 10.6. The van der Waals surface area contributed by atoms with Gasteiger partial charge in [-0.1, -0.05) is 19.8 Å². The summed E-state index contributed by atoms with van der Waals surface area (Å²) in [5.41, 5.74) is 0. The van der Waals surface area contributed by atoms with E-state index in [1.807, 2.05) is 0 Å². The largest absolute Gasteiger partial charge is 0.302 e. The molecule has 4 nitrogen and oxygen atoms in total. The first-order chi connectivity index (χ1) is 6.07. The Morgan fingerprint density at radius 3 is 2.62 bits per heavy atom. The van der Waals surface area contributed by atoms with E-state index in [0.29, 0.717) is 11.7 Å². The van der Waals surface area contributed by atoms with Gasteiger partial charge in [0.1, 0.15) is 0 Å². The van der Waals surface area contributed by atoms with Crippen molar-refractivity contribution in [2.45, 2.75) is 33.1 Å². The van der Waals surface area contributed by atoms with Gasteiger partial charge in [0.25, 0.3) is 0 Å². The predicted molar refractivity (Wildman–Crippen MR) is 56.8 cm³/mol. The first kappa shape index (κ1) is 12.3. The summed E-state index contributed by atoms with van der Waals surface area (Å²) in [7, 11) is 0. The Bertz CT molecular complexity index is 184. The standard InChI is InChI=1S/C8H17N3OS/c1-3-4-5-6-11(9)8(13)10-7(2)12/h3-6,9H2,1-2H3,(H,10,12,13). The zero-order valence-corrected chi connectivity index (χ0v) is 8.99. The number of nitrogens with zero attached hydrogens (tertiary/aromatic N) is 1. The second kappa shape index (κ2) is 6.80. The molecular weight excluding hydrogens is 186 g/mol. The number of thiocarbonyl (C=S) groups is 1. The molecule has 0 bridgehead atoms. The summed E-state index contributed by atoms with van der Waals surface area (Å²) in [5.74, 6) is 5.40. The first-order valence-electron chi connectivity index (χ1n) is 4.41. The fraction of sp³-hybridized carbons (Fsp3) is 0.750. The number of hydrazine groups is 1. The quantitative estimate of drug-likeness (QED) is 0.307. The maximum absolute atomic E-state index is 10.6. The molecule has 0 fully saturated rings. The van der Waals surface area contributed by atoms with Crippen LogP contribution in [0, 0.1) is 0 Å². The van der Waals surface area contributed by atoms with Gasteiger partial charge in [0.05, 0.1) is 0 Å². The lowest BCUT2D eigenvalue weighted by atomic mass is 10.2. The van der Waals surface area contributed by atoms with Gasteiger partial charge in [0.15, 0.2) is 5.11 Å². The van der Waals surface area contributed by atoms with Gasteiger partial charge in [0.2, 0.25) is 5.91 Å². The second-order valence-electron chi connectivity index (χ2n) is 2.89. The van der Waals surface area contributed by atoms with E-state index in [1.54, 1.807) is 0 Å². The minimum Gasteiger partial charge on any atom is -0.302 e. The number of nitrogens with two attached hydrogens (primary N) is 1. The van der Waals surface area contributed by atoms with E-state index in [4.69, 9.17) is 18.1 Å². The minimum absolute atomic E-state index is 0.184. The lowest BCUT2D eigenvalue weighted by Gasteiger charge is -2.18. The Labute approximate surface area is 84.4 Å². The zero-order chi connectivity index (χ0) is 10.3. The van der Waals surface area contributed by atoms with E-state index in [0.717, 1.165) is 19.3 Å². The van der Waals surface area contributed by atoms with Crippen LogP contribution >= 0.6 is 12.2 Å². The summed E-state index contributed by atoms with van der Waals surface area (Å²) in [5, 5.41) is 4.15. The average molecular weight is 203 g/mol. The number of unbranched alkanes of at least 4 members (excludes halogenated alkanes) is 2. The number of carbonyl (C=O) groups is 1. The Morgan fingerprint density at radius 1 is 1.54 bits per heavy atom. The van der Waals surface area contributed by atoms with E-state index in [1.165, 1.54) is 11.9 Å². The molecule has 0 saturated heterocycles. The Balaban J connectivity index is 3.63. The Kier molecular flexibility index (Phi) is 6.44. The van der Waals surface area contributed by atoms with Crippen LogP contribution in [0.1, 0.15) is 33.1 Å². The van der Waals surface area contributed by atoms with Crippen molar-refractivity contribution < 1.29 is 4.79 Å². The van der Waals surface area contributed by atoms with Crippen molar-refractivity contribution in [3.63, 3.8) is 0 Å². The summed E-state index contributed by atoms with van der Waals surface area (Å²) >= 11 is 4.87. The Morgan fingerprint density at radius 2 is 2.15 bits per heavy atom. The van der Waals surface area contributed by atoms with Crippen LogP contribution in [0.4, 0.5) is 0 Å². The van der Waals surface area contributed by atoms with Crippen molar-refractivity contribution in [2.75, 3.05) is 6.54 Å². The van der Waals surface area contributed by atoms with Crippen LogP contribution in [0.2, 0.25) is 0 Å². The second-order valence-corrected chi connectivity index (χ2v) is 3.27. The van der Waals surface area contributed by atoms with E-state index in [9.17, 15) is 4.79 Å². The fourth-order valence-electron chi connectivity index (χ4n) is 0.856. The highest BCUT2D eigenvalue weighted by Gasteiger charge is 2.04. The Hall–Kier alpha value is -0.680. The summed E-state index contributed by atoms with van der Waals surface area (Å²) in [6.45, 7) is 4.21. The van der Waals surface area contributed by atoms with Crippen LogP contribution in [0.5, 0.6) is 0 Å². The van der Waals surface area contributed by atoms with Crippen LogP contribution in [0.25, 0.3) is 0 Å².